The van der Waals surface area contributed by atoms with Crippen LogP contribution in [0.1, 0.15) is 6.42 Å². The van der Waals surface area contributed by atoms with E-state index in [2.05, 4.69) is 21.7 Å². The Kier molecular flexibility index (Phi) is 4.11. The van der Waals surface area contributed by atoms with Crippen LogP contribution < -0.4 is 10.6 Å². The molecular formula is C10H12N4O3. The Morgan fingerprint density at radius 2 is 2.41 bits per heavy atom. The molecule has 1 unspecified atom stereocenters. The first-order chi connectivity index (χ1) is 8.02. The number of urea groups is 1. The third kappa shape index (κ3) is 3.87. The summed E-state index contributed by atoms with van der Waals surface area (Å²) < 4.78 is 1.51. The number of aryl methyl sites for hydroxylation is 1. The van der Waals surface area contributed by atoms with Gasteiger partial charge in [-0.1, -0.05) is 0 Å². The van der Waals surface area contributed by atoms with Crippen LogP contribution in [0.4, 0.5) is 10.5 Å². The second-order valence-electron chi connectivity index (χ2n) is 3.30. The molecule has 0 saturated heterocycles. The van der Waals surface area contributed by atoms with Crippen LogP contribution in [0.2, 0.25) is 0 Å². The first kappa shape index (κ1) is 12.6. The lowest BCUT2D eigenvalue weighted by Crippen LogP contribution is -2.42. The number of hydrogen-bond acceptors (Lipinski definition) is 3. The SMILES string of the molecule is C#CCC(NC(=O)Nc1cnn(C)c1)C(=O)O. The lowest BCUT2D eigenvalue weighted by molar-refractivity contribution is -0.139. The van der Waals surface area contributed by atoms with Gasteiger partial charge in [0.25, 0.3) is 0 Å². The smallest absolute Gasteiger partial charge is 0.327 e. The Hall–Kier alpha value is -2.49. The molecule has 17 heavy (non-hydrogen) atoms. The second-order valence-corrected chi connectivity index (χ2v) is 3.30. The Labute approximate surface area is 97.8 Å². The molecule has 0 saturated carbocycles. The van der Waals surface area contributed by atoms with Crippen molar-refractivity contribution in [3.05, 3.63) is 12.4 Å². The summed E-state index contributed by atoms with van der Waals surface area (Å²) in [6.07, 6.45) is 7.95. The maximum Gasteiger partial charge on any atom is 0.327 e. The van der Waals surface area contributed by atoms with Crippen LogP contribution in [0.25, 0.3) is 0 Å². The van der Waals surface area contributed by atoms with Gasteiger partial charge in [0.05, 0.1) is 11.9 Å². The largest absolute Gasteiger partial charge is 0.480 e. The minimum absolute atomic E-state index is 0.0736. The lowest BCUT2D eigenvalue weighted by atomic mass is 10.2. The zero-order chi connectivity index (χ0) is 12.8. The average molecular weight is 236 g/mol. The number of nitrogens with zero attached hydrogens (tertiary/aromatic N) is 2. The van der Waals surface area contributed by atoms with Crippen LogP contribution >= 0.6 is 0 Å². The zero-order valence-electron chi connectivity index (χ0n) is 9.17. The molecule has 0 fully saturated rings. The van der Waals surface area contributed by atoms with Crippen molar-refractivity contribution in [2.75, 3.05) is 5.32 Å². The summed E-state index contributed by atoms with van der Waals surface area (Å²) in [6, 6.07) is -1.74. The van der Waals surface area contributed by atoms with Gasteiger partial charge in [-0.2, -0.15) is 5.10 Å². The molecule has 2 amide bonds. The third-order valence-corrected chi connectivity index (χ3v) is 1.89. The number of rotatable bonds is 4. The fraction of sp³-hybridized carbons (Fsp3) is 0.300. The van der Waals surface area contributed by atoms with Crippen molar-refractivity contribution >= 4 is 17.7 Å². The van der Waals surface area contributed by atoms with E-state index in [0.29, 0.717) is 5.69 Å². The van der Waals surface area contributed by atoms with Crippen molar-refractivity contribution in [1.29, 1.82) is 0 Å². The van der Waals surface area contributed by atoms with Crippen molar-refractivity contribution in [3.63, 3.8) is 0 Å². The highest BCUT2D eigenvalue weighted by Crippen LogP contribution is 2.03. The number of carboxylic acid groups (broad SMARTS) is 1. The fourth-order valence-corrected chi connectivity index (χ4v) is 1.13. The number of amides is 2. The molecule has 1 atom stereocenters. The highest BCUT2D eigenvalue weighted by molar-refractivity contribution is 5.92. The van der Waals surface area contributed by atoms with Crippen LogP contribution in [0.3, 0.4) is 0 Å². The van der Waals surface area contributed by atoms with Crippen LogP contribution in [-0.4, -0.2) is 32.9 Å². The number of nitrogens with one attached hydrogen (secondary N) is 2. The molecule has 3 N–H and O–H groups in total. The van der Waals surface area contributed by atoms with E-state index in [1.54, 1.807) is 13.2 Å². The molecule has 0 aliphatic heterocycles. The molecule has 1 heterocycles. The standard InChI is InChI=1S/C10H12N4O3/c1-3-4-8(9(15)16)13-10(17)12-7-5-11-14(2)6-7/h1,5-6,8H,4H2,2H3,(H,15,16)(H2,12,13,17). The number of anilines is 1. The van der Waals surface area contributed by atoms with Crippen LogP contribution in [0.15, 0.2) is 12.4 Å². The number of carbonyl (C=O) groups is 2. The number of aromatic nitrogens is 2. The van der Waals surface area contributed by atoms with E-state index in [9.17, 15) is 9.59 Å². The normalized spacial score (nSPS) is 11.3. The summed E-state index contributed by atoms with van der Waals surface area (Å²) in [6.45, 7) is 0. The van der Waals surface area contributed by atoms with Gasteiger partial charge in [0.1, 0.15) is 6.04 Å². The summed E-state index contributed by atoms with van der Waals surface area (Å²) >= 11 is 0. The van der Waals surface area contributed by atoms with Gasteiger partial charge < -0.3 is 15.7 Å². The summed E-state index contributed by atoms with van der Waals surface area (Å²) in [7, 11) is 1.70. The maximum atomic E-state index is 11.4. The van der Waals surface area contributed by atoms with Gasteiger partial charge in [0.2, 0.25) is 0 Å². The van der Waals surface area contributed by atoms with E-state index in [0.717, 1.165) is 0 Å². The fourth-order valence-electron chi connectivity index (χ4n) is 1.13. The van der Waals surface area contributed by atoms with Crippen molar-refractivity contribution < 1.29 is 14.7 Å². The molecule has 0 aromatic carbocycles. The summed E-state index contributed by atoms with van der Waals surface area (Å²) in [4.78, 5) is 22.1. The van der Waals surface area contributed by atoms with E-state index in [1.165, 1.54) is 10.9 Å². The number of carbonyl (C=O) groups excluding carboxylic acids is 1. The van der Waals surface area contributed by atoms with E-state index in [1.807, 2.05) is 0 Å². The predicted octanol–water partition coefficient (Wildman–Crippen LogP) is 0.0181. The summed E-state index contributed by atoms with van der Waals surface area (Å²) in [5.74, 6) is 1.01. The van der Waals surface area contributed by atoms with Crippen molar-refractivity contribution in [1.82, 2.24) is 15.1 Å². The molecule has 7 heteroatoms. The monoisotopic (exact) mass is 236 g/mol. The summed E-state index contributed by atoms with van der Waals surface area (Å²) in [5.41, 5.74) is 0.467. The molecule has 0 bridgehead atoms. The second kappa shape index (κ2) is 5.55. The quantitative estimate of drug-likeness (QED) is 0.642. The minimum Gasteiger partial charge on any atom is -0.480 e. The van der Waals surface area contributed by atoms with Crippen molar-refractivity contribution in [2.45, 2.75) is 12.5 Å². The molecule has 1 rings (SSSR count). The van der Waals surface area contributed by atoms with E-state index >= 15 is 0 Å². The molecule has 0 aliphatic rings. The number of terminal acetylenes is 1. The topological polar surface area (TPSA) is 96.3 Å². The van der Waals surface area contributed by atoms with Gasteiger partial charge in [-0.15, -0.1) is 12.3 Å². The first-order valence-electron chi connectivity index (χ1n) is 4.75. The number of carboxylic acids is 1. The zero-order valence-corrected chi connectivity index (χ0v) is 9.17. The Morgan fingerprint density at radius 1 is 1.71 bits per heavy atom. The average Bonchev–Trinajstić information content (AvgIpc) is 2.63. The maximum absolute atomic E-state index is 11.4. The van der Waals surface area contributed by atoms with Gasteiger partial charge in [-0.25, -0.2) is 9.59 Å². The third-order valence-electron chi connectivity index (χ3n) is 1.89. The van der Waals surface area contributed by atoms with Crippen molar-refractivity contribution in [2.24, 2.45) is 7.05 Å². The molecule has 7 nitrogen and oxygen atoms in total. The van der Waals surface area contributed by atoms with Gasteiger partial charge >= 0.3 is 12.0 Å². The molecular weight excluding hydrogens is 224 g/mol. The Morgan fingerprint density at radius 3 is 2.88 bits per heavy atom. The lowest BCUT2D eigenvalue weighted by Gasteiger charge is -2.11. The molecule has 1 aromatic rings. The van der Waals surface area contributed by atoms with E-state index in [-0.39, 0.29) is 6.42 Å². The molecule has 1 aromatic heterocycles. The number of aliphatic carboxylic acids is 1. The van der Waals surface area contributed by atoms with Gasteiger partial charge in [-0.05, 0) is 0 Å². The highest BCUT2D eigenvalue weighted by Gasteiger charge is 2.18. The molecule has 0 radical (unpaired) electrons. The van der Waals surface area contributed by atoms with Crippen molar-refractivity contribution in [3.8, 4) is 12.3 Å². The van der Waals surface area contributed by atoms with Gasteiger partial charge in [0.15, 0.2) is 0 Å². The highest BCUT2D eigenvalue weighted by atomic mass is 16.4. The van der Waals surface area contributed by atoms with E-state index in [4.69, 9.17) is 11.5 Å². The van der Waals surface area contributed by atoms with Crippen LogP contribution in [-0.2, 0) is 11.8 Å². The predicted molar refractivity (Wildman–Crippen MR) is 60.2 cm³/mol. The van der Waals surface area contributed by atoms with E-state index < -0.39 is 18.0 Å². The van der Waals surface area contributed by atoms with Gasteiger partial charge in [0, 0.05) is 19.7 Å². The van der Waals surface area contributed by atoms with Crippen LogP contribution in [0.5, 0.6) is 0 Å². The van der Waals surface area contributed by atoms with Gasteiger partial charge in [-0.3, -0.25) is 4.68 Å². The molecule has 0 spiro atoms. The number of hydrogen-bond donors (Lipinski definition) is 3. The molecule has 0 aliphatic carbocycles. The Bertz CT molecular complexity index is 460. The Balaban J connectivity index is 2.54. The summed E-state index contributed by atoms with van der Waals surface area (Å²) in [5, 5.41) is 17.3. The minimum atomic E-state index is -1.18. The first-order valence-corrected chi connectivity index (χ1v) is 4.75. The molecule has 90 valence electrons. The van der Waals surface area contributed by atoms with Crippen LogP contribution in [0, 0.1) is 12.3 Å².